The SMILES string of the molecule is C[C@H](NC(=O)CN(C)C)[C@H]1C[C@@H]2CC[C@@H]1C2. The molecule has 0 unspecified atom stereocenters. The predicted octanol–water partition coefficient (Wildman–Crippen LogP) is 1.49. The van der Waals surface area contributed by atoms with E-state index in [9.17, 15) is 4.79 Å². The summed E-state index contributed by atoms with van der Waals surface area (Å²) in [6.45, 7) is 2.68. The number of fused-ring (bicyclic) bond motifs is 2. The number of rotatable bonds is 4. The molecule has 0 aliphatic heterocycles. The van der Waals surface area contributed by atoms with Gasteiger partial charge >= 0.3 is 0 Å². The summed E-state index contributed by atoms with van der Waals surface area (Å²) in [5.74, 6) is 2.76. The highest BCUT2D eigenvalue weighted by Gasteiger charge is 2.42. The third-order valence-electron chi connectivity index (χ3n) is 4.28. The molecule has 0 spiro atoms. The van der Waals surface area contributed by atoms with Gasteiger partial charge in [-0.05, 0) is 58.0 Å². The van der Waals surface area contributed by atoms with E-state index in [4.69, 9.17) is 0 Å². The zero-order chi connectivity index (χ0) is 11.7. The summed E-state index contributed by atoms with van der Waals surface area (Å²) in [7, 11) is 3.86. The monoisotopic (exact) mass is 224 g/mol. The molecule has 2 fully saturated rings. The molecule has 3 nitrogen and oxygen atoms in total. The van der Waals surface area contributed by atoms with Gasteiger partial charge in [-0.3, -0.25) is 4.79 Å². The van der Waals surface area contributed by atoms with E-state index in [1.54, 1.807) is 0 Å². The first-order valence-electron chi connectivity index (χ1n) is 6.50. The fourth-order valence-electron chi connectivity index (χ4n) is 3.60. The molecule has 0 aromatic heterocycles. The van der Waals surface area contributed by atoms with Gasteiger partial charge in [0.25, 0.3) is 0 Å². The van der Waals surface area contributed by atoms with Crippen molar-refractivity contribution in [2.45, 2.75) is 38.6 Å². The summed E-state index contributed by atoms with van der Waals surface area (Å²) in [5.41, 5.74) is 0. The molecule has 16 heavy (non-hydrogen) atoms. The maximum atomic E-state index is 11.7. The van der Waals surface area contributed by atoms with Gasteiger partial charge in [-0.15, -0.1) is 0 Å². The van der Waals surface area contributed by atoms with E-state index in [2.05, 4.69) is 12.2 Å². The Hall–Kier alpha value is -0.570. The zero-order valence-electron chi connectivity index (χ0n) is 10.7. The van der Waals surface area contributed by atoms with Crippen LogP contribution < -0.4 is 5.32 Å². The molecule has 1 N–H and O–H groups in total. The molecule has 2 aliphatic rings. The maximum absolute atomic E-state index is 11.7. The van der Waals surface area contributed by atoms with Crippen LogP contribution in [-0.4, -0.2) is 37.5 Å². The lowest BCUT2D eigenvalue weighted by Crippen LogP contribution is -2.43. The largest absolute Gasteiger partial charge is 0.352 e. The first kappa shape index (κ1) is 11.9. The standard InChI is InChI=1S/C13H24N2O/c1-9(14-13(16)8-15(2)3)12-7-10-4-5-11(12)6-10/h9-12H,4-8H2,1-3H3,(H,14,16)/t9-,10+,11+,12+/m0/s1. The average molecular weight is 224 g/mol. The molecule has 0 saturated heterocycles. The molecule has 4 atom stereocenters. The van der Waals surface area contributed by atoms with Gasteiger partial charge in [0.15, 0.2) is 0 Å². The average Bonchev–Trinajstić information content (AvgIpc) is 2.76. The van der Waals surface area contributed by atoms with Crippen molar-refractivity contribution in [3.05, 3.63) is 0 Å². The van der Waals surface area contributed by atoms with E-state index in [-0.39, 0.29) is 5.91 Å². The van der Waals surface area contributed by atoms with Gasteiger partial charge in [-0.2, -0.15) is 0 Å². The van der Waals surface area contributed by atoms with E-state index in [1.165, 1.54) is 25.7 Å². The van der Waals surface area contributed by atoms with E-state index >= 15 is 0 Å². The second-order valence-corrected chi connectivity index (χ2v) is 5.93. The van der Waals surface area contributed by atoms with Crippen LogP contribution in [0.4, 0.5) is 0 Å². The molecule has 2 bridgehead atoms. The number of hydrogen-bond acceptors (Lipinski definition) is 2. The van der Waals surface area contributed by atoms with Gasteiger partial charge in [0.05, 0.1) is 6.54 Å². The molecule has 2 aliphatic carbocycles. The van der Waals surface area contributed by atoms with Gasteiger partial charge in [0.1, 0.15) is 0 Å². The number of hydrogen-bond donors (Lipinski definition) is 1. The normalized spacial score (nSPS) is 34.4. The Morgan fingerprint density at radius 3 is 2.62 bits per heavy atom. The lowest BCUT2D eigenvalue weighted by molar-refractivity contribution is -0.122. The summed E-state index contributed by atoms with van der Waals surface area (Å²) in [5, 5.41) is 3.16. The highest BCUT2D eigenvalue weighted by Crippen LogP contribution is 2.49. The van der Waals surface area contributed by atoms with E-state index in [1.807, 2.05) is 19.0 Å². The van der Waals surface area contributed by atoms with Crippen molar-refractivity contribution >= 4 is 5.91 Å². The van der Waals surface area contributed by atoms with Crippen molar-refractivity contribution in [2.75, 3.05) is 20.6 Å². The van der Waals surface area contributed by atoms with Gasteiger partial charge in [0, 0.05) is 6.04 Å². The Balaban J connectivity index is 1.80. The predicted molar refractivity (Wildman–Crippen MR) is 65.1 cm³/mol. The first-order chi connectivity index (χ1) is 7.56. The third-order valence-corrected chi connectivity index (χ3v) is 4.28. The molecule has 0 radical (unpaired) electrons. The number of nitrogens with zero attached hydrogens (tertiary/aromatic N) is 1. The minimum absolute atomic E-state index is 0.167. The molecule has 2 rings (SSSR count). The van der Waals surface area contributed by atoms with Crippen LogP contribution >= 0.6 is 0 Å². The Bertz CT molecular complexity index is 265. The molecular formula is C13H24N2O. The molecule has 1 amide bonds. The van der Waals surface area contributed by atoms with Gasteiger partial charge < -0.3 is 10.2 Å². The fraction of sp³-hybridized carbons (Fsp3) is 0.923. The number of amides is 1. The second kappa shape index (κ2) is 4.74. The Kier molecular flexibility index (Phi) is 3.53. The van der Waals surface area contributed by atoms with Crippen LogP contribution in [0.1, 0.15) is 32.6 Å². The number of carbonyl (C=O) groups is 1. The number of nitrogens with one attached hydrogen (secondary N) is 1. The van der Waals surface area contributed by atoms with Crippen molar-refractivity contribution in [2.24, 2.45) is 17.8 Å². The van der Waals surface area contributed by atoms with Crippen molar-refractivity contribution in [1.82, 2.24) is 10.2 Å². The molecule has 92 valence electrons. The molecule has 0 aromatic carbocycles. The summed E-state index contributed by atoms with van der Waals surface area (Å²) in [4.78, 5) is 13.6. The van der Waals surface area contributed by atoms with Crippen LogP contribution in [-0.2, 0) is 4.79 Å². The van der Waals surface area contributed by atoms with Crippen LogP contribution in [0.25, 0.3) is 0 Å². The highest BCUT2D eigenvalue weighted by atomic mass is 16.2. The minimum atomic E-state index is 0.167. The van der Waals surface area contributed by atoms with E-state index < -0.39 is 0 Å². The van der Waals surface area contributed by atoms with Crippen molar-refractivity contribution in [1.29, 1.82) is 0 Å². The van der Waals surface area contributed by atoms with Gasteiger partial charge in [0.2, 0.25) is 5.91 Å². The fourth-order valence-corrected chi connectivity index (χ4v) is 3.60. The Morgan fingerprint density at radius 2 is 2.12 bits per heavy atom. The van der Waals surface area contributed by atoms with Crippen LogP contribution in [0, 0.1) is 17.8 Å². The van der Waals surface area contributed by atoms with E-state index in [0.717, 1.165) is 17.8 Å². The summed E-state index contributed by atoms with van der Waals surface area (Å²) >= 11 is 0. The second-order valence-electron chi connectivity index (χ2n) is 5.93. The summed E-state index contributed by atoms with van der Waals surface area (Å²) < 4.78 is 0. The smallest absolute Gasteiger partial charge is 0.234 e. The topological polar surface area (TPSA) is 32.3 Å². The van der Waals surface area contributed by atoms with Crippen LogP contribution in [0.3, 0.4) is 0 Å². The lowest BCUT2D eigenvalue weighted by Gasteiger charge is -2.28. The molecular weight excluding hydrogens is 200 g/mol. The van der Waals surface area contributed by atoms with Crippen molar-refractivity contribution in [3.8, 4) is 0 Å². The van der Waals surface area contributed by atoms with Crippen LogP contribution in [0.2, 0.25) is 0 Å². The van der Waals surface area contributed by atoms with Crippen molar-refractivity contribution < 1.29 is 4.79 Å². The first-order valence-corrected chi connectivity index (χ1v) is 6.50. The molecule has 3 heteroatoms. The number of carbonyl (C=O) groups excluding carboxylic acids is 1. The minimum Gasteiger partial charge on any atom is -0.352 e. The van der Waals surface area contributed by atoms with Gasteiger partial charge in [-0.25, -0.2) is 0 Å². The van der Waals surface area contributed by atoms with Crippen LogP contribution in [0.5, 0.6) is 0 Å². The van der Waals surface area contributed by atoms with Crippen LogP contribution in [0.15, 0.2) is 0 Å². The zero-order valence-corrected chi connectivity index (χ0v) is 10.7. The summed E-state index contributed by atoms with van der Waals surface area (Å²) in [6, 6.07) is 0.364. The Labute approximate surface area is 98.6 Å². The van der Waals surface area contributed by atoms with Gasteiger partial charge in [-0.1, -0.05) is 6.42 Å². The molecule has 2 saturated carbocycles. The van der Waals surface area contributed by atoms with E-state index in [0.29, 0.717) is 12.6 Å². The molecule has 0 heterocycles. The van der Waals surface area contributed by atoms with Crippen molar-refractivity contribution in [3.63, 3.8) is 0 Å². The third kappa shape index (κ3) is 2.57. The lowest BCUT2D eigenvalue weighted by atomic mass is 9.84. The number of likely N-dealkylation sites (N-methyl/N-ethyl adjacent to an activating group) is 1. The quantitative estimate of drug-likeness (QED) is 0.784. The Morgan fingerprint density at radius 1 is 1.38 bits per heavy atom. The summed E-state index contributed by atoms with van der Waals surface area (Å²) in [6.07, 6.45) is 5.58. The highest BCUT2D eigenvalue weighted by molar-refractivity contribution is 5.78. The molecule has 0 aromatic rings. The maximum Gasteiger partial charge on any atom is 0.234 e.